The van der Waals surface area contributed by atoms with Crippen LogP contribution in [0.15, 0.2) is 42.5 Å². The molecule has 208 valence electrons. The molecule has 1 aliphatic carbocycles. The summed E-state index contributed by atoms with van der Waals surface area (Å²) in [5.41, 5.74) is 1.79. The summed E-state index contributed by atoms with van der Waals surface area (Å²) < 4.78 is 32.0. The highest BCUT2D eigenvalue weighted by atomic mass is 35.5. The van der Waals surface area contributed by atoms with Crippen molar-refractivity contribution in [2.45, 2.75) is 71.0 Å². The summed E-state index contributed by atoms with van der Waals surface area (Å²) in [5, 5.41) is 3.50. The first-order valence-electron chi connectivity index (χ1n) is 13.0. The van der Waals surface area contributed by atoms with Gasteiger partial charge in [-0.05, 0) is 61.6 Å². The molecule has 0 spiro atoms. The number of hydrogen-bond acceptors (Lipinski definition) is 5. The molecule has 38 heavy (non-hydrogen) atoms. The van der Waals surface area contributed by atoms with E-state index >= 15 is 0 Å². The average molecular weight is 564 g/mol. The number of amides is 2. The Bertz CT molecular complexity index is 1210. The van der Waals surface area contributed by atoms with Gasteiger partial charge in [-0.1, -0.05) is 56.0 Å². The van der Waals surface area contributed by atoms with Crippen LogP contribution in [-0.2, 0) is 26.2 Å². The number of anilines is 1. The molecule has 8 nitrogen and oxygen atoms in total. The van der Waals surface area contributed by atoms with E-state index in [1.54, 1.807) is 38.3 Å². The number of benzene rings is 2. The van der Waals surface area contributed by atoms with Gasteiger partial charge in [0.2, 0.25) is 21.8 Å². The molecule has 1 N–H and O–H groups in total. The summed E-state index contributed by atoms with van der Waals surface area (Å²) >= 11 is 6.17. The Hall–Kier alpha value is -2.78. The number of sulfonamides is 1. The number of rotatable bonds is 11. The second kappa shape index (κ2) is 13.3. The van der Waals surface area contributed by atoms with Crippen LogP contribution >= 0.6 is 11.6 Å². The minimum atomic E-state index is -3.83. The topological polar surface area (TPSA) is 96.0 Å². The number of carbonyl (C=O) groups excluding carboxylic acids is 2. The minimum Gasteiger partial charge on any atom is -0.497 e. The first kappa shape index (κ1) is 29.8. The van der Waals surface area contributed by atoms with Gasteiger partial charge in [0, 0.05) is 17.6 Å². The third-order valence-electron chi connectivity index (χ3n) is 6.97. The van der Waals surface area contributed by atoms with Crippen LogP contribution in [-0.4, -0.2) is 57.1 Å². The highest BCUT2D eigenvalue weighted by Crippen LogP contribution is 2.27. The third kappa shape index (κ3) is 7.86. The van der Waals surface area contributed by atoms with Crippen LogP contribution in [0.1, 0.15) is 56.6 Å². The SMILES string of the molecule is CC[C@H](C(=O)NC1CCCCC1)N(Cc1ccc(OC)cc1)C(=O)CN(c1cc(Cl)ccc1C)S(C)(=O)=O. The molecule has 1 saturated carbocycles. The lowest BCUT2D eigenvalue weighted by atomic mass is 9.95. The Morgan fingerprint density at radius 3 is 2.34 bits per heavy atom. The summed E-state index contributed by atoms with van der Waals surface area (Å²) in [7, 11) is -2.26. The second-order valence-electron chi connectivity index (χ2n) is 9.84. The zero-order chi connectivity index (χ0) is 27.9. The fraction of sp³-hybridized carbons (Fsp3) is 0.500. The summed E-state index contributed by atoms with van der Waals surface area (Å²) in [6, 6.07) is 11.5. The normalized spacial score (nSPS) is 15.0. The van der Waals surface area contributed by atoms with E-state index in [-0.39, 0.29) is 18.5 Å². The van der Waals surface area contributed by atoms with Crippen molar-refractivity contribution >= 4 is 39.1 Å². The van der Waals surface area contributed by atoms with Crippen LogP contribution < -0.4 is 14.4 Å². The van der Waals surface area contributed by atoms with E-state index in [0.717, 1.165) is 48.2 Å². The van der Waals surface area contributed by atoms with Crippen molar-refractivity contribution in [2.75, 3.05) is 24.2 Å². The van der Waals surface area contributed by atoms with Gasteiger partial charge < -0.3 is 15.0 Å². The van der Waals surface area contributed by atoms with Crippen LogP contribution in [0.4, 0.5) is 5.69 Å². The number of nitrogens with one attached hydrogen (secondary N) is 1. The van der Waals surface area contributed by atoms with E-state index in [9.17, 15) is 18.0 Å². The van der Waals surface area contributed by atoms with Crippen molar-refractivity contribution in [2.24, 2.45) is 0 Å². The van der Waals surface area contributed by atoms with Crippen LogP contribution in [0, 0.1) is 6.92 Å². The molecule has 10 heteroatoms. The van der Waals surface area contributed by atoms with Crippen LogP contribution in [0.5, 0.6) is 5.75 Å². The van der Waals surface area contributed by atoms with Crippen molar-refractivity contribution in [1.82, 2.24) is 10.2 Å². The van der Waals surface area contributed by atoms with Gasteiger partial charge in [0.05, 0.1) is 19.1 Å². The van der Waals surface area contributed by atoms with Crippen LogP contribution in [0.25, 0.3) is 0 Å². The van der Waals surface area contributed by atoms with Crippen molar-refractivity contribution in [3.05, 3.63) is 58.6 Å². The standard InChI is InChI=1S/C28H38ClN3O5S/c1-5-25(28(34)30-23-9-7-6-8-10-23)31(18-21-12-15-24(37-3)16-13-21)27(33)19-32(38(4,35)36)26-17-22(29)14-11-20(26)2/h11-17,23,25H,5-10,18-19H2,1-4H3,(H,30,34)/t25-/m1/s1. The average Bonchev–Trinajstić information content (AvgIpc) is 2.89. The van der Waals surface area contributed by atoms with Gasteiger partial charge in [-0.2, -0.15) is 0 Å². The maximum atomic E-state index is 13.9. The molecule has 0 radical (unpaired) electrons. The molecule has 2 aromatic rings. The highest BCUT2D eigenvalue weighted by Gasteiger charge is 2.33. The quantitative estimate of drug-likeness (QED) is 0.428. The van der Waals surface area contributed by atoms with E-state index in [0.29, 0.717) is 28.4 Å². The molecule has 1 fully saturated rings. The molecule has 0 aromatic heterocycles. The molecule has 0 aliphatic heterocycles. The first-order chi connectivity index (χ1) is 18.0. The molecule has 0 heterocycles. The van der Waals surface area contributed by atoms with E-state index in [1.165, 1.54) is 11.0 Å². The lowest BCUT2D eigenvalue weighted by Gasteiger charge is -2.34. The van der Waals surface area contributed by atoms with Gasteiger partial charge in [-0.25, -0.2) is 8.42 Å². The van der Waals surface area contributed by atoms with Gasteiger partial charge in [0.15, 0.2) is 0 Å². The fourth-order valence-corrected chi connectivity index (χ4v) is 5.90. The number of methoxy groups -OCH3 is 1. The fourth-order valence-electron chi connectivity index (χ4n) is 4.84. The Morgan fingerprint density at radius 1 is 1.11 bits per heavy atom. The lowest BCUT2D eigenvalue weighted by molar-refractivity contribution is -0.140. The monoisotopic (exact) mass is 563 g/mol. The maximum Gasteiger partial charge on any atom is 0.244 e. The molecule has 1 aliphatic rings. The number of halogens is 1. The molecule has 0 unspecified atom stereocenters. The van der Waals surface area contributed by atoms with Crippen molar-refractivity contribution in [3.63, 3.8) is 0 Å². The summed E-state index contributed by atoms with van der Waals surface area (Å²) in [6.07, 6.45) is 6.58. The Morgan fingerprint density at radius 2 is 1.76 bits per heavy atom. The Balaban J connectivity index is 1.94. The van der Waals surface area contributed by atoms with Crippen molar-refractivity contribution in [3.8, 4) is 5.75 Å². The van der Waals surface area contributed by atoms with Gasteiger partial charge >= 0.3 is 0 Å². The maximum absolute atomic E-state index is 13.9. The Kier molecular flexibility index (Phi) is 10.4. The van der Waals surface area contributed by atoms with Gasteiger partial charge in [-0.15, -0.1) is 0 Å². The predicted octanol–water partition coefficient (Wildman–Crippen LogP) is 4.68. The lowest BCUT2D eigenvalue weighted by Crippen LogP contribution is -2.54. The number of hydrogen-bond donors (Lipinski definition) is 1. The predicted molar refractivity (Wildman–Crippen MR) is 151 cm³/mol. The molecular formula is C28H38ClN3O5S. The van der Waals surface area contributed by atoms with E-state index in [4.69, 9.17) is 16.3 Å². The van der Waals surface area contributed by atoms with Crippen LogP contribution in [0.3, 0.4) is 0 Å². The van der Waals surface area contributed by atoms with E-state index in [2.05, 4.69) is 5.32 Å². The van der Waals surface area contributed by atoms with Crippen LogP contribution in [0.2, 0.25) is 5.02 Å². The van der Waals surface area contributed by atoms with Crippen molar-refractivity contribution in [1.29, 1.82) is 0 Å². The minimum absolute atomic E-state index is 0.0878. The van der Waals surface area contributed by atoms with Crippen molar-refractivity contribution < 1.29 is 22.7 Å². The molecule has 2 aromatic carbocycles. The molecule has 0 saturated heterocycles. The third-order valence-corrected chi connectivity index (χ3v) is 8.33. The molecule has 0 bridgehead atoms. The zero-order valence-corrected chi connectivity index (χ0v) is 24.1. The van der Waals surface area contributed by atoms with Gasteiger partial charge in [0.1, 0.15) is 18.3 Å². The highest BCUT2D eigenvalue weighted by molar-refractivity contribution is 7.92. The van der Waals surface area contributed by atoms with E-state index in [1.807, 2.05) is 19.1 Å². The molecule has 3 rings (SSSR count). The largest absolute Gasteiger partial charge is 0.497 e. The van der Waals surface area contributed by atoms with Gasteiger partial charge in [-0.3, -0.25) is 13.9 Å². The number of aryl methyl sites for hydroxylation is 1. The first-order valence-corrected chi connectivity index (χ1v) is 15.2. The van der Waals surface area contributed by atoms with E-state index < -0.39 is 28.5 Å². The number of carbonyl (C=O) groups is 2. The summed E-state index contributed by atoms with van der Waals surface area (Å²) in [4.78, 5) is 28.8. The second-order valence-corrected chi connectivity index (χ2v) is 12.2. The Labute approximate surface area is 231 Å². The summed E-state index contributed by atoms with van der Waals surface area (Å²) in [5.74, 6) is -0.0178. The molecular weight excluding hydrogens is 526 g/mol. The molecule has 2 amide bonds. The summed E-state index contributed by atoms with van der Waals surface area (Å²) in [6.45, 7) is 3.31. The zero-order valence-electron chi connectivity index (χ0n) is 22.6. The van der Waals surface area contributed by atoms with Gasteiger partial charge in [0.25, 0.3) is 0 Å². The number of ether oxygens (including phenoxy) is 1. The molecule has 1 atom stereocenters. The smallest absolute Gasteiger partial charge is 0.244 e. The number of nitrogens with zero attached hydrogens (tertiary/aromatic N) is 2.